The fourth-order valence-electron chi connectivity index (χ4n) is 3.54. The lowest BCUT2D eigenvalue weighted by atomic mass is 10.0. The van der Waals surface area contributed by atoms with E-state index in [4.69, 9.17) is 9.98 Å². The molecule has 0 unspecified atom stereocenters. The van der Waals surface area contributed by atoms with Gasteiger partial charge in [-0.25, -0.2) is 4.98 Å². The highest BCUT2D eigenvalue weighted by molar-refractivity contribution is 6.22. The molecule has 31 heavy (non-hydrogen) atoms. The van der Waals surface area contributed by atoms with Gasteiger partial charge in [0.25, 0.3) is 0 Å². The van der Waals surface area contributed by atoms with Crippen molar-refractivity contribution in [1.82, 2.24) is 9.97 Å². The van der Waals surface area contributed by atoms with E-state index in [-0.39, 0.29) is 11.8 Å². The third-order valence-corrected chi connectivity index (χ3v) is 5.85. The van der Waals surface area contributed by atoms with Crippen molar-refractivity contribution in [1.29, 1.82) is 0 Å². The number of hydrogen-bond donors (Lipinski definition) is 1. The van der Waals surface area contributed by atoms with Crippen LogP contribution in [0.25, 0.3) is 16.3 Å². The minimum atomic E-state index is 0.0637. The number of pyridine rings is 2. The third-order valence-electron chi connectivity index (χ3n) is 5.85. The molecule has 1 saturated carbocycles. The van der Waals surface area contributed by atoms with Crippen LogP contribution >= 0.6 is 0 Å². The number of fused-ring (bicyclic) bond motifs is 1. The summed E-state index contributed by atoms with van der Waals surface area (Å²) < 4.78 is 0. The molecule has 2 aromatic rings. The molecule has 0 saturated heterocycles. The SMILES string of the molecule is C\C=C(/C(C)=N/C(CCCC)=C(\C)CC)c1cc2cnc(NC(=O)C3CC3)cc2cn1. The zero-order valence-corrected chi connectivity index (χ0v) is 19.5. The maximum absolute atomic E-state index is 12.0. The number of carbonyl (C=O) groups excluding carboxylic acids is 1. The van der Waals surface area contributed by atoms with Gasteiger partial charge in [0.1, 0.15) is 5.82 Å². The van der Waals surface area contributed by atoms with Crippen molar-refractivity contribution < 1.29 is 4.79 Å². The summed E-state index contributed by atoms with van der Waals surface area (Å²) in [6.45, 7) is 10.7. The van der Waals surface area contributed by atoms with Gasteiger partial charge in [0.05, 0.1) is 5.69 Å². The van der Waals surface area contributed by atoms with Gasteiger partial charge in [-0.3, -0.25) is 14.8 Å². The molecule has 2 heterocycles. The Kier molecular flexibility index (Phi) is 7.72. The summed E-state index contributed by atoms with van der Waals surface area (Å²) in [5.74, 6) is 0.808. The summed E-state index contributed by atoms with van der Waals surface area (Å²) in [5, 5.41) is 4.86. The molecular formula is C26H34N4O. The highest BCUT2D eigenvalue weighted by Crippen LogP contribution is 2.30. The molecule has 1 fully saturated rings. The lowest BCUT2D eigenvalue weighted by Crippen LogP contribution is -2.14. The molecule has 1 amide bonds. The Balaban J connectivity index is 1.86. The largest absolute Gasteiger partial charge is 0.310 e. The Hall–Kier alpha value is -2.82. The summed E-state index contributed by atoms with van der Waals surface area (Å²) in [7, 11) is 0. The topological polar surface area (TPSA) is 67.2 Å². The molecule has 0 spiro atoms. The normalized spacial score (nSPS) is 15.8. The Morgan fingerprint density at radius 3 is 2.52 bits per heavy atom. The van der Waals surface area contributed by atoms with Gasteiger partial charge in [0.15, 0.2) is 0 Å². The molecule has 164 valence electrons. The van der Waals surface area contributed by atoms with Crippen LogP contribution in [0.1, 0.15) is 78.8 Å². The highest BCUT2D eigenvalue weighted by atomic mass is 16.2. The minimum Gasteiger partial charge on any atom is -0.310 e. The van der Waals surface area contributed by atoms with Crippen LogP contribution < -0.4 is 5.32 Å². The number of aliphatic imine (C=N–C) groups is 1. The van der Waals surface area contributed by atoms with Gasteiger partial charge in [-0.15, -0.1) is 0 Å². The first-order valence-corrected chi connectivity index (χ1v) is 11.4. The number of anilines is 1. The number of unbranched alkanes of at least 4 members (excludes halogenated alkanes) is 1. The standard InChI is InChI=1S/C26H34N4O/c1-6-9-10-23(17(4)7-2)29-18(5)22(8-3)24-13-20-16-28-25(14-21(20)15-27-24)30-26(31)19-11-12-19/h8,13-16,19H,6-7,9-12H2,1-5H3,(H,28,30,31)/b22-8+,23-17+,29-18+. The van der Waals surface area contributed by atoms with Crippen molar-refractivity contribution in [3.8, 4) is 0 Å². The predicted molar refractivity (Wildman–Crippen MR) is 130 cm³/mol. The number of rotatable bonds is 9. The van der Waals surface area contributed by atoms with E-state index in [0.717, 1.165) is 66.3 Å². The summed E-state index contributed by atoms with van der Waals surface area (Å²) in [6.07, 6.45) is 12.0. The zero-order chi connectivity index (χ0) is 22.4. The molecule has 1 aliphatic rings. The Labute approximate surface area is 185 Å². The van der Waals surface area contributed by atoms with Gasteiger partial charge in [0, 0.05) is 46.1 Å². The average Bonchev–Trinajstić information content (AvgIpc) is 3.62. The number of nitrogens with one attached hydrogen (secondary N) is 1. The van der Waals surface area contributed by atoms with Crippen molar-refractivity contribution in [3.63, 3.8) is 0 Å². The number of carbonyl (C=O) groups is 1. The van der Waals surface area contributed by atoms with Crippen molar-refractivity contribution in [2.24, 2.45) is 10.9 Å². The first kappa shape index (κ1) is 22.9. The van der Waals surface area contributed by atoms with Crippen LogP contribution in [0.3, 0.4) is 0 Å². The van der Waals surface area contributed by atoms with Crippen LogP contribution in [0.5, 0.6) is 0 Å². The summed E-state index contributed by atoms with van der Waals surface area (Å²) in [6, 6.07) is 3.93. The van der Waals surface area contributed by atoms with E-state index in [1.54, 1.807) is 6.20 Å². The van der Waals surface area contributed by atoms with Crippen LogP contribution in [-0.4, -0.2) is 21.6 Å². The van der Waals surface area contributed by atoms with E-state index in [1.807, 2.05) is 25.3 Å². The van der Waals surface area contributed by atoms with Crippen molar-refractivity contribution in [2.75, 3.05) is 5.32 Å². The van der Waals surface area contributed by atoms with E-state index in [1.165, 1.54) is 11.3 Å². The molecule has 3 rings (SSSR count). The highest BCUT2D eigenvalue weighted by Gasteiger charge is 2.29. The fraction of sp³-hybridized carbons (Fsp3) is 0.462. The first-order valence-electron chi connectivity index (χ1n) is 11.4. The molecule has 0 aromatic carbocycles. The molecular weight excluding hydrogens is 384 g/mol. The van der Waals surface area contributed by atoms with Crippen molar-refractivity contribution in [2.45, 2.75) is 73.1 Å². The second-order valence-corrected chi connectivity index (χ2v) is 8.33. The monoisotopic (exact) mass is 418 g/mol. The maximum atomic E-state index is 12.0. The Morgan fingerprint density at radius 1 is 1.16 bits per heavy atom. The molecule has 0 bridgehead atoms. The van der Waals surface area contributed by atoms with Gasteiger partial charge in [-0.05, 0) is 65.0 Å². The lowest BCUT2D eigenvalue weighted by Gasteiger charge is -2.12. The number of nitrogens with zero attached hydrogens (tertiary/aromatic N) is 3. The van der Waals surface area contributed by atoms with Crippen LogP contribution in [0.4, 0.5) is 5.82 Å². The smallest absolute Gasteiger partial charge is 0.228 e. The van der Waals surface area contributed by atoms with E-state index >= 15 is 0 Å². The Morgan fingerprint density at radius 2 is 1.87 bits per heavy atom. The van der Waals surface area contributed by atoms with Crippen molar-refractivity contribution >= 4 is 33.8 Å². The Bertz CT molecular complexity index is 1040. The number of hydrogen-bond acceptors (Lipinski definition) is 4. The van der Waals surface area contributed by atoms with E-state index in [2.05, 4.69) is 44.1 Å². The van der Waals surface area contributed by atoms with E-state index in [0.29, 0.717) is 5.82 Å². The van der Waals surface area contributed by atoms with Gasteiger partial charge < -0.3 is 5.32 Å². The third kappa shape index (κ3) is 5.87. The minimum absolute atomic E-state index is 0.0637. The van der Waals surface area contributed by atoms with Crippen LogP contribution in [0.2, 0.25) is 0 Å². The summed E-state index contributed by atoms with van der Waals surface area (Å²) in [5.41, 5.74) is 5.44. The van der Waals surface area contributed by atoms with Crippen molar-refractivity contribution in [3.05, 3.63) is 47.6 Å². The quantitative estimate of drug-likeness (QED) is 0.460. The van der Waals surface area contributed by atoms with Crippen LogP contribution in [0.15, 0.2) is 46.9 Å². The zero-order valence-electron chi connectivity index (χ0n) is 19.5. The van der Waals surface area contributed by atoms with Crippen LogP contribution in [-0.2, 0) is 4.79 Å². The molecule has 1 N–H and O–H groups in total. The number of amides is 1. The van der Waals surface area contributed by atoms with Gasteiger partial charge in [0.2, 0.25) is 5.91 Å². The molecule has 0 radical (unpaired) electrons. The first-order chi connectivity index (χ1) is 15.0. The molecule has 0 aliphatic heterocycles. The van der Waals surface area contributed by atoms with E-state index in [9.17, 15) is 4.79 Å². The maximum Gasteiger partial charge on any atom is 0.228 e. The van der Waals surface area contributed by atoms with Crippen LogP contribution in [0, 0.1) is 5.92 Å². The van der Waals surface area contributed by atoms with Gasteiger partial charge >= 0.3 is 0 Å². The number of aromatic nitrogens is 2. The lowest BCUT2D eigenvalue weighted by molar-refractivity contribution is -0.117. The summed E-state index contributed by atoms with van der Waals surface area (Å²) >= 11 is 0. The number of allylic oxidation sites excluding steroid dienone is 4. The molecule has 2 aromatic heterocycles. The van der Waals surface area contributed by atoms with E-state index < -0.39 is 0 Å². The summed E-state index contributed by atoms with van der Waals surface area (Å²) in [4.78, 5) is 26.1. The molecule has 5 nitrogen and oxygen atoms in total. The molecule has 0 atom stereocenters. The fourth-order valence-corrected chi connectivity index (χ4v) is 3.54. The second-order valence-electron chi connectivity index (χ2n) is 8.33. The molecule has 1 aliphatic carbocycles. The van der Waals surface area contributed by atoms with Gasteiger partial charge in [-0.2, -0.15) is 0 Å². The predicted octanol–water partition coefficient (Wildman–Crippen LogP) is 6.72. The molecule has 5 heteroatoms. The second kappa shape index (κ2) is 10.5. The average molecular weight is 419 g/mol. The van der Waals surface area contributed by atoms with Gasteiger partial charge in [-0.1, -0.05) is 31.9 Å².